The third-order valence-corrected chi connectivity index (χ3v) is 3.54. The van der Waals surface area contributed by atoms with Gasteiger partial charge >= 0.3 is 6.18 Å². The van der Waals surface area contributed by atoms with Crippen molar-refractivity contribution in [1.82, 2.24) is 9.97 Å². The largest absolute Gasteiger partial charge is 0.433 e. The van der Waals surface area contributed by atoms with Crippen molar-refractivity contribution in [2.75, 3.05) is 17.7 Å². The maximum Gasteiger partial charge on any atom is 0.433 e. The molecule has 21 heavy (non-hydrogen) atoms. The van der Waals surface area contributed by atoms with E-state index in [2.05, 4.69) is 36.5 Å². The third-order valence-electron chi connectivity index (χ3n) is 2.68. The number of nitrogens with one attached hydrogen (secondary N) is 2. The predicted octanol–water partition coefficient (Wildman–Crippen LogP) is 4.35. The molecule has 0 radical (unpaired) electrons. The van der Waals surface area contributed by atoms with Crippen LogP contribution >= 0.6 is 15.9 Å². The Kier molecular flexibility index (Phi) is 4.36. The molecule has 0 aliphatic carbocycles. The van der Waals surface area contributed by atoms with Gasteiger partial charge in [0.1, 0.15) is 5.82 Å². The fraction of sp³-hybridized carbons (Fsp3) is 0.231. The first-order chi connectivity index (χ1) is 9.79. The highest BCUT2D eigenvalue weighted by Crippen LogP contribution is 2.30. The number of halogens is 4. The molecule has 0 bridgehead atoms. The Morgan fingerprint density at radius 1 is 1.14 bits per heavy atom. The van der Waals surface area contributed by atoms with E-state index >= 15 is 0 Å². The molecule has 0 fully saturated rings. The van der Waals surface area contributed by atoms with E-state index in [1.807, 2.05) is 13.0 Å². The lowest BCUT2D eigenvalue weighted by Gasteiger charge is -2.12. The highest BCUT2D eigenvalue weighted by molar-refractivity contribution is 9.10. The molecule has 8 heteroatoms. The summed E-state index contributed by atoms with van der Waals surface area (Å²) >= 11 is 3.37. The van der Waals surface area contributed by atoms with Crippen molar-refractivity contribution in [3.05, 3.63) is 40.0 Å². The fourth-order valence-corrected chi connectivity index (χ4v) is 1.97. The number of aryl methyl sites for hydroxylation is 1. The van der Waals surface area contributed by atoms with Gasteiger partial charge in [-0.2, -0.15) is 18.2 Å². The number of anilines is 3. The smallest absolute Gasteiger partial charge is 0.357 e. The summed E-state index contributed by atoms with van der Waals surface area (Å²) in [5, 5.41) is 5.35. The van der Waals surface area contributed by atoms with Gasteiger partial charge in [-0.1, -0.05) is 22.0 Å². The van der Waals surface area contributed by atoms with Crippen molar-refractivity contribution in [3.63, 3.8) is 0 Å². The zero-order valence-corrected chi connectivity index (χ0v) is 12.8. The highest BCUT2D eigenvalue weighted by Gasteiger charge is 2.33. The molecule has 1 aromatic heterocycles. The zero-order chi connectivity index (χ0) is 15.6. The minimum Gasteiger partial charge on any atom is -0.357 e. The normalized spacial score (nSPS) is 11.3. The van der Waals surface area contributed by atoms with Crippen LogP contribution in [-0.2, 0) is 6.18 Å². The first-order valence-electron chi connectivity index (χ1n) is 5.97. The van der Waals surface area contributed by atoms with E-state index in [-0.39, 0.29) is 11.8 Å². The van der Waals surface area contributed by atoms with Gasteiger partial charge < -0.3 is 10.6 Å². The average Bonchev–Trinajstić information content (AvgIpc) is 2.41. The van der Waals surface area contributed by atoms with Crippen LogP contribution in [0.2, 0.25) is 0 Å². The van der Waals surface area contributed by atoms with Gasteiger partial charge in [0.2, 0.25) is 5.95 Å². The van der Waals surface area contributed by atoms with Crippen molar-refractivity contribution < 1.29 is 13.2 Å². The van der Waals surface area contributed by atoms with Gasteiger partial charge in [0.15, 0.2) is 5.69 Å². The van der Waals surface area contributed by atoms with Crippen LogP contribution in [0.3, 0.4) is 0 Å². The maximum atomic E-state index is 12.8. The molecule has 2 N–H and O–H groups in total. The number of nitrogens with zero attached hydrogens (tertiary/aromatic N) is 2. The molecule has 0 aliphatic heterocycles. The van der Waals surface area contributed by atoms with Gasteiger partial charge in [0.25, 0.3) is 0 Å². The molecule has 0 atom stereocenters. The highest BCUT2D eigenvalue weighted by atomic mass is 79.9. The van der Waals surface area contributed by atoms with Gasteiger partial charge in [-0.15, -0.1) is 0 Å². The van der Waals surface area contributed by atoms with Crippen LogP contribution < -0.4 is 10.6 Å². The van der Waals surface area contributed by atoms with E-state index in [1.165, 1.54) is 7.05 Å². The minimum atomic E-state index is -4.53. The van der Waals surface area contributed by atoms with Crippen LogP contribution in [-0.4, -0.2) is 17.0 Å². The SMILES string of the molecule is CNc1nc(Nc2ccc(C)c(Br)c2)cc(C(F)(F)F)n1. The molecule has 0 spiro atoms. The van der Waals surface area contributed by atoms with Crippen LogP contribution in [0.4, 0.5) is 30.6 Å². The van der Waals surface area contributed by atoms with Gasteiger partial charge in [-0.25, -0.2) is 4.98 Å². The van der Waals surface area contributed by atoms with Crippen molar-refractivity contribution in [2.24, 2.45) is 0 Å². The molecular formula is C13H12BrF3N4. The minimum absolute atomic E-state index is 0.0671. The van der Waals surface area contributed by atoms with Crippen LogP contribution in [0.1, 0.15) is 11.3 Å². The molecule has 0 saturated heterocycles. The molecule has 4 nitrogen and oxygen atoms in total. The Bertz CT molecular complexity index is 658. The quantitative estimate of drug-likeness (QED) is 0.854. The zero-order valence-electron chi connectivity index (χ0n) is 11.2. The van der Waals surface area contributed by atoms with Crippen molar-refractivity contribution in [2.45, 2.75) is 13.1 Å². The molecule has 0 unspecified atom stereocenters. The third kappa shape index (κ3) is 3.84. The van der Waals surface area contributed by atoms with Crippen LogP contribution in [0.25, 0.3) is 0 Å². The molecule has 2 aromatic rings. The van der Waals surface area contributed by atoms with E-state index in [9.17, 15) is 13.2 Å². The van der Waals surface area contributed by atoms with Crippen LogP contribution in [0, 0.1) is 6.92 Å². The monoisotopic (exact) mass is 360 g/mol. The summed E-state index contributed by atoms with van der Waals surface area (Å²) in [7, 11) is 1.46. The summed E-state index contributed by atoms with van der Waals surface area (Å²) in [4.78, 5) is 7.36. The van der Waals surface area contributed by atoms with E-state index < -0.39 is 11.9 Å². The topological polar surface area (TPSA) is 49.8 Å². The molecule has 0 aliphatic rings. The fourth-order valence-electron chi connectivity index (χ4n) is 1.59. The van der Waals surface area contributed by atoms with E-state index in [0.29, 0.717) is 5.69 Å². The Morgan fingerprint density at radius 3 is 2.43 bits per heavy atom. The Morgan fingerprint density at radius 2 is 1.86 bits per heavy atom. The second-order valence-corrected chi connectivity index (χ2v) is 5.15. The van der Waals surface area contributed by atoms with E-state index in [1.54, 1.807) is 12.1 Å². The van der Waals surface area contributed by atoms with Crippen molar-refractivity contribution in [1.29, 1.82) is 0 Å². The number of benzene rings is 1. The van der Waals surface area contributed by atoms with Crippen LogP contribution in [0.5, 0.6) is 0 Å². The second kappa shape index (κ2) is 5.88. The van der Waals surface area contributed by atoms with Crippen molar-refractivity contribution in [3.8, 4) is 0 Å². The lowest BCUT2D eigenvalue weighted by molar-refractivity contribution is -0.141. The number of rotatable bonds is 3. The van der Waals surface area contributed by atoms with Crippen LogP contribution in [0.15, 0.2) is 28.7 Å². The van der Waals surface area contributed by atoms with Gasteiger partial charge in [-0.05, 0) is 24.6 Å². The van der Waals surface area contributed by atoms with E-state index in [0.717, 1.165) is 16.1 Å². The van der Waals surface area contributed by atoms with Gasteiger partial charge in [-0.3, -0.25) is 0 Å². The Balaban J connectivity index is 2.36. The summed E-state index contributed by atoms with van der Waals surface area (Å²) in [6, 6.07) is 6.24. The number of alkyl halides is 3. The summed E-state index contributed by atoms with van der Waals surface area (Å²) < 4.78 is 39.2. The second-order valence-electron chi connectivity index (χ2n) is 4.30. The summed E-state index contributed by atoms with van der Waals surface area (Å²) in [6.45, 7) is 1.92. The summed E-state index contributed by atoms with van der Waals surface area (Å²) in [5.41, 5.74) is 0.645. The Labute approximate surface area is 127 Å². The van der Waals surface area contributed by atoms with Gasteiger partial charge in [0, 0.05) is 23.3 Å². The lowest BCUT2D eigenvalue weighted by atomic mass is 10.2. The predicted molar refractivity (Wildman–Crippen MR) is 78.7 cm³/mol. The molecule has 1 aromatic carbocycles. The Hall–Kier alpha value is -1.83. The lowest BCUT2D eigenvalue weighted by Crippen LogP contribution is -2.12. The molecule has 2 rings (SSSR count). The van der Waals surface area contributed by atoms with Crippen molar-refractivity contribution >= 4 is 33.4 Å². The average molecular weight is 361 g/mol. The maximum absolute atomic E-state index is 12.8. The molecule has 112 valence electrons. The number of hydrogen-bond acceptors (Lipinski definition) is 4. The molecule has 0 saturated carbocycles. The first-order valence-corrected chi connectivity index (χ1v) is 6.76. The van der Waals surface area contributed by atoms with Gasteiger partial charge in [0.05, 0.1) is 0 Å². The summed E-state index contributed by atoms with van der Waals surface area (Å²) in [6.07, 6.45) is -4.53. The number of hydrogen-bond donors (Lipinski definition) is 2. The van der Waals surface area contributed by atoms with E-state index in [4.69, 9.17) is 0 Å². The number of aromatic nitrogens is 2. The molecule has 1 heterocycles. The summed E-state index contributed by atoms with van der Waals surface area (Å²) in [5.74, 6) is -0.0315. The molecular weight excluding hydrogens is 349 g/mol. The standard InChI is InChI=1S/C13H12BrF3N4/c1-7-3-4-8(5-9(7)14)19-11-6-10(13(15,16)17)20-12(18-2)21-11/h3-6H,1-2H3,(H2,18,19,20,21). The molecule has 0 amide bonds. The first kappa shape index (κ1) is 15.6.